The van der Waals surface area contributed by atoms with Gasteiger partial charge in [-0.25, -0.2) is 0 Å². The van der Waals surface area contributed by atoms with E-state index in [0.29, 0.717) is 38.4 Å². The third-order valence-electron chi connectivity index (χ3n) is 3.50. The third-order valence-corrected chi connectivity index (χ3v) is 3.50. The SMILES string of the molecule is COCC(=O)N1CCCN(C(=O)c2cc(=O)cc(C)o2)CC1. The van der Waals surface area contributed by atoms with Crippen molar-refractivity contribution < 1.29 is 18.7 Å². The van der Waals surface area contributed by atoms with E-state index >= 15 is 0 Å². The van der Waals surface area contributed by atoms with Gasteiger partial charge in [0.15, 0.2) is 11.2 Å². The van der Waals surface area contributed by atoms with Crippen LogP contribution in [0, 0.1) is 6.92 Å². The van der Waals surface area contributed by atoms with Gasteiger partial charge < -0.3 is 19.0 Å². The molecule has 2 rings (SSSR count). The fraction of sp³-hybridized carbons (Fsp3) is 0.533. The summed E-state index contributed by atoms with van der Waals surface area (Å²) in [6.07, 6.45) is 0.678. The molecule has 0 radical (unpaired) electrons. The van der Waals surface area contributed by atoms with E-state index in [1.54, 1.807) is 16.7 Å². The largest absolute Gasteiger partial charge is 0.456 e. The maximum Gasteiger partial charge on any atom is 0.289 e. The molecule has 1 aliphatic rings. The lowest BCUT2D eigenvalue weighted by Crippen LogP contribution is -2.38. The van der Waals surface area contributed by atoms with Crippen molar-refractivity contribution in [1.29, 1.82) is 0 Å². The van der Waals surface area contributed by atoms with E-state index in [9.17, 15) is 14.4 Å². The highest BCUT2D eigenvalue weighted by Gasteiger charge is 2.24. The molecule has 0 N–H and O–H groups in total. The number of rotatable bonds is 3. The van der Waals surface area contributed by atoms with Gasteiger partial charge in [-0.2, -0.15) is 0 Å². The van der Waals surface area contributed by atoms with E-state index < -0.39 is 0 Å². The molecule has 0 spiro atoms. The first kappa shape index (κ1) is 16.2. The number of carbonyl (C=O) groups excluding carboxylic acids is 2. The first-order chi connectivity index (χ1) is 10.5. The molecule has 7 nitrogen and oxygen atoms in total. The number of nitrogens with zero attached hydrogens (tertiary/aromatic N) is 2. The number of amides is 2. The Hall–Kier alpha value is -2.15. The number of ether oxygens (including phenoxy) is 1. The van der Waals surface area contributed by atoms with Crippen LogP contribution in [0.5, 0.6) is 0 Å². The predicted octanol–water partition coefficient (Wildman–Crippen LogP) is 0.269. The highest BCUT2D eigenvalue weighted by molar-refractivity contribution is 5.91. The smallest absolute Gasteiger partial charge is 0.289 e. The highest BCUT2D eigenvalue weighted by atomic mass is 16.5. The number of aryl methyl sites for hydroxylation is 1. The fourth-order valence-corrected chi connectivity index (χ4v) is 2.45. The van der Waals surface area contributed by atoms with Crippen molar-refractivity contribution in [2.75, 3.05) is 39.9 Å². The first-order valence-electron chi connectivity index (χ1n) is 7.19. The van der Waals surface area contributed by atoms with Crippen molar-refractivity contribution in [3.63, 3.8) is 0 Å². The minimum absolute atomic E-state index is 0.0424. The molecular formula is C15H20N2O5. The Kier molecular flexibility index (Phi) is 5.32. The Bertz CT molecular complexity index is 610. The van der Waals surface area contributed by atoms with Crippen molar-refractivity contribution >= 4 is 11.8 Å². The van der Waals surface area contributed by atoms with Crippen LogP contribution in [0.1, 0.15) is 22.7 Å². The summed E-state index contributed by atoms with van der Waals surface area (Å²) >= 11 is 0. The Morgan fingerprint density at radius 3 is 2.55 bits per heavy atom. The van der Waals surface area contributed by atoms with Crippen LogP contribution in [-0.4, -0.2) is 61.5 Å². The van der Waals surface area contributed by atoms with Crippen molar-refractivity contribution in [1.82, 2.24) is 9.80 Å². The van der Waals surface area contributed by atoms with Crippen LogP contribution in [-0.2, 0) is 9.53 Å². The average molecular weight is 308 g/mol. The van der Waals surface area contributed by atoms with Gasteiger partial charge in [0.25, 0.3) is 5.91 Å². The Balaban J connectivity index is 2.05. The van der Waals surface area contributed by atoms with Gasteiger partial charge in [-0.1, -0.05) is 0 Å². The molecule has 1 aliphatic heterocycles. The quantitative estimate of drug-likeness (QED) is 0.800. The molecule has 1 aromatic heterocycles. The molecular weight excluding hydrogens is 288 g/mol. The lowest BCUT2D eigenvalue weighted by molar-refractivity contribution is -0.135. The molecule has 1 fully saturated rings. The molecule has 0 aromatic carbocycles. The van der Waals surface area contributed by atoms with Gasteiger partial charge in [0.1, 0.15) is 12.4 Å². The van der Waals surface area contributed by atoms with E-state index in [2.05, 4.69) is 0 Å². The van der Waals surface area contributed by atoms with E-state index in [4.69, 9.17) is 9.15 Å². The van der Waals surface area contributed by atoms with Gasteiger partial charge in [0, 0.05) is 45.4 Å². The fourth-order valence-electron chi connectivity index (χ4n) is 2.45. The molecule has 0 aliphatic carbocycles. The van der Waals surface area contributed by atoms with Crippen LogP contribution in [0.4, 0.5) is 0 Å². The normalized spacial score (nSPS) is 15.5. The standard InChI is InChI=1S/C15H20N2O5/c1-11-8-12(18)9-13(22-11)15(20)17-5-3-4-16(6-7-17)14(19)10-21-2/h8-9H,3-7,10H2,1-2H3. The number of carbonyl (C=O) groups is 2. The predicted molar refractivity (Wildman–Crippen MR) is 78.7 cm³/mol. The van der Waals surface area contributed by atoms with Gasteiger partial charge in [-0.3, -0.25) is 14.4 Å². The second-order valence-corrected chi connectivity index (χ2v) is 5.23. The Labute approximate surface area is 128 Å². The summed E-state index contributed by atoms with van der Waals surface area (Å²) in [6, 6.07) is 2.54. The summed E-state index contributed by atoms with van der Waals surface area (Å²) in [6.45, 7) is 3.64. The van der Waals surface area contributed by atoms with Crippen LogP contribution in [0.15, 0.2) is 21.3 Å². The topological polar surface area (TPSA) is 80.1 Å². The van der Waals surface area contributed by atoms with E-state index in [0.717, 1.165) is 0 Å². The van der Waals surface area contributed by atoms with Crippen LogP contribution in [0.2, 0.25) is 0 Å². The summed E-state index contributed by atoms with van der Waals surface area (Å²) in [4.78, 5) is 39.0. The number of hydrogen-bond donors (Lipinski definition) is 0. The maximum absolute atomic E-state index is 12.4. The second kappa shape index (κ2) is 7.22. The lowest BCUT2D eigenvalue weighted by atomic mass is 10.3. The van der Waals surface area contributed by atoms with Crippen LogP contribution in [0.25, 0.3) is 0 Å². The minimum atomic E-state index is -0.318. The summed E-state index contributed by atoms with van der Waals surface area (Å²) in [5.41, 5.74) is -0.251. The molecule has 1 saturated heterocycles. The van der Waals surface area contributed by atoms with E-state index in [1.165, 1.54) is 19.2 Å². The molecule has 0 bridgehead atoms. The van der Waals surface area contributed by atoms with Gasteiger partial charge in [0.2, 0.25) is 5.91 Å². The van der Waals surface area contributed by atoms with Crippen molar-refractivity contribution in [3.8, 4) is 0 Å². The van der Waals surface area contributed by atoms with Gasteiger partial charge in [-0.05, 0) is 13.3 Å². The molecule has 2 amide bonds. The van der Waals surface area contributed by atoms with Gasteiger partial charge >= 0.3 is 0 Å². The highest BCUT2D eigenvalue weighted by Crippen LogP contribution is 2.10. The second-order valence-electron chi connectivity index (χ2n) is 5.23. The molecule has 22 heavy (non-hydrogen) atoms. The summed E-state index contributed by atoms with van der Waals surface area (Å²) < 4.78 is 10.2. The maximum atomic E-state index is 12.4. The van der Waals surface area contributed by atoms with Crippen LogP contribution in [0.3, 0.4) is 0 Å². The first-order valence-corrected chi connectivity index (χ1v) is 7.19. The van der Waals surface area contributed by atoms with E-state index in [1.807, 2.05) is 0 Å². The van der Waals surface area contributed by atoms with Gasteiger partial charge in [0.05, 0.1) is 0 Å². The zero-order chi connectivity index (χ0) is 16.1. The Morgan fingerprint density at radius 1 is 1.18 bits per heavy atom. The lowest BCUT2D eigenvalue weighted by Gasteiger charge is -2.21. The van der Waals surface area contributed by atoms with Crippen LogP contribution >= 0.6 is 0 Å². The zero-order valence-corrected chi connectivity index (χ0v) is 12.8. The van der Waals surface area contributed by atoms with Crippen molar-refractivity contribution in [2.45, 2.75) is 13.3 Å². The molecule has 0 unspecified atom stereocenters. The van der Waals surface area contributed by atoms with Crippen molar-refractivity contribution in [2.24, 2.45) is 0 Å². The molecule has 1 aromatic rings. The molecule has 0 atom stereocenters. The summed E-state index contributed by atoms with van der Waals surface area (Å²) in [5, 5.41) is 0. The van der Waals surface area contributed by atoms with Crippen LogP contribution < -0.4 is 5.43 Å². The third kappa shape index (κ3) is 3.94. The minimum Gasteiger partial charge on any atom is -0.456 e. The molecule has 120 valence electrons. The van der Waals surface area contributed by atoms with Crippen molar-refractivity contribution in [3.05, 3.63) is 33.9 Å². The van der Waals surface area contributed by atoms with E-state index in [-0.39, 0.29) is 29.6 Å². The number of hydrogen-bond acceptors (Lipinski definition) is 5. The summed E-state index contributed by atoms with van der Waals surface area (Å²) in [7, 11) is 1.48. The average Bonchev–Trinajstić information content (AvgIpc) is 2.71. The monoisotopic (exact) mass is 308 g/mol. The Morgan fingerprint density at radius 2 is 1.86 bits per heavy atom. The molecule has 0 saturated carbocycles. The number of methoxy groups -OCH3 is 1. The summed E-state index contributed by atoms with van der Waals surface area (Å²) in [5.74, 6) is 0.0463. The zero-order valence-electron chi connectivity index (χ0n) is 12.8. The molecule has 2 heterocycles. The van der Waals surface area contributed by atoms with Gasteiger partial charge in [-0.15, -0.1) is 0 Å². The molecule has 7 heteroatoms.